The maximum Gasteiger partial charge on any atom is 0.164 e. The molecule has 0 radical (unpaired) electrons. The summed E-state index contributed by atoms with van der Waals surface area (Å²) in [5.41, 5.74) is 11.5. The van der Waals surface area contributed by atoms with Gasteiger partial charge in [0.25, 0.3) is 0 Å². The van der Waals surface area contributed by atoms with Gasteiger partial charge in [-0.15, -0.1) is 0 Å². The Balaban J connectivity index is 0.991. The standard InChI is InChI=1S/C58H44N6/c1-7-19-43(20-8-1)55-59-56(44-21-9-2-10-22-44)61-57(60-55)45-31-33-52(34-32-45)64(53-37-35-51(36-38-53)62(47-23-11-3-12-24-47)48-25-13-4-14-26-48)58-40-39-54(41-46(58)42-58)63(49-27-15-5-16-28-49)50-29-17-6-18-30-50/h1-41,46H,42H2. The Morgan fingerprint density at radius 1 is 0.344 bits per heavy atom. The Labute approximate surface area is 374 Å². The average Bonchev–Trinajstić information content (AvgIpc) is 4.11. The number of rotatable bonds is 12. The predicted molar refractivity (Wildman–Crippen MR) is 262 cm³/mol. The zero-order chi connectivity index (χ0) is 42.7. The Kier molecular flexibility index (Phi) is 10.1. The number of para-hydroxylation sites is 4. The van der Waals surface area contributed by atoms with Crippen LogP contribution >= 0.6 is 0 Å². The molecule has 2 aliphatic rings. The summed E-state index contributed by atoms with van der Waals surface area (Å²) < 4.78 is 0. The van der Waals surface area contributed by atoms with Gasteiger partial charge in [0.2, 0.25) is 0 Å². The molecule has 1 fully saturated rings. The van der Waals surface area contributed by atoms with Crippen molar-refractivity contribution in [2.75, 3.05) is 14.7 Å². The molecule has 2 unspecified atom stereocenters. The van der Waals surface area contributed by atoms with Crippen LogP contribution in [-0.4, -0.2) is 20.5 Å². The van der Waals surface area contributed by atoms with Crippen molar-refractivity contribution in [3.63, 3.8) is 0 Å². The lowest BCUT2D eigenvalue weighted by Crippen LogP contribution is -2.35. The molecule has 64 heavy (non-hydrogen) atoms. The van der Waals surface area contributed by atoms with Crippen LogP contribution in [-0.2, 0) is 0 Å². The van der Waals surface area contributed by atoms with E-state index in [2.05, 4.69) is 203 Å². The van der Waals surface area contributed by atoms with Gasteiger partial charge >= 0.3 is 0 Å². The van der Waals surface area contributed by atoms with E-state index < -0.39 is 0 Å². The highest BCUT2D eigenvalue weighted by Gasteiger charge is 2.57. The van der Waals surface area contributed by atoms with Crippen LogP contribution in [0.3, 0.4) is 0 Å². The quantitative estimate of drug-likeness (QED) is 0.122. The fraction of sp³-hybridized carbons (Fsp3) is 0.0517. The summed E-state index contributed by atoms with van der Waals surface area (Å²) >= 11 is 0. The van der Waals surface area contributed by atoms with E-state index in [1.54, 1.807) is 0 Å². The molecule has 11 rings (SSSR count). The minimum absolute atomic E-state index is 0.266. The van der Waals surface area contributed by atoms with Crippen LogP contribution in [0, 0.1) is 5.92 Å². The van der Waals surface area contributed by atoms with Crippen molar-refractivity contribution >= 4 is 39.8 Å². The number of fused-ring (bicyclic) bond motifs is 1. The van der Waals surface area contributed by atoms with Crippen molar-refractivity contribution < 1.29 is 0 Å². The van der Waals surface area contributed by atoms with Gasteiger partial charge in [-0.05, 0) is 110 Å². The van der Waals surface area contributed by atoms with Crippen LogP contribution < -0.4 is 14.7 Å². The van der Waals surface area contributed by atoms with E-state index in [0.29, 0.717) is 17.5 Å². The summed E-state index contributed by atoms with van der Waals surface area (Å²) in [5, 5.41) is 0. The highest BCUT2D eigenvalue weighted by atomic mass is 15.3. The number of anilines is 7. The highest BCUT2D eigenvalue weighted by Crippen LogP contribution is 2.58. The van der Waals surface area contributed by atoms with E-state index in [4.69, 9.17) is 15.0 Å². The van der Waals surface area contributed by atoms with E-state index in [1.165, 1.54) is 5.70 Å². The van der Waals surface area contributed by atoms with E-state index in [0.717, 1.165) is 62.9 Å². The molecule has 0 saturated heterocycles. The van der Waals surface area contributed by atoms with Gasteiger partial charge in [0.15, 0.2) is 17.5 Å². The third-order valence-corrected chi connectivity index (χ3v) is 12.1. The lowest BCUT2D eigenvalue weighted by molar-refractivity contribution is 0.745. The Morgan fingerprint density at radius 3 is 1.08 bits per heavy atom. The first-order valence-electron chi connectivity index (χ1n) is 21.8. The summed E-state index contributed by atoms with van der Waals surface area (Å²) in [6, 6.07) is 80.4. The average molecular weight is 825 g/mol. The van der Waals surface area contributed by atoms with Crippen molar-refractivity contribution in [2.45, 2.75) is 12.0 Å². The molecule has 0 N–H and O–H groups in total. The third-order valence-electron chi connectivity index (χ3n) is 12.1. The van der Waals surface area contributed by atoms with E-state index in [9.17, 15) is 0 Å². The largest absolute Gasteiger partial charge is 0.331 e. The second kappa shape index (κ2) is 16.8. The van der Waals surface area contributed by atoms with Gasteiger partial charge in [-0.3, -0.25) is 0 Å². The molecule has 0 spiro atoms. The van der Waals surface area contributed by atoms with Gasteiger partial charge in [-0.1, -0.05) is 146 Å². The van der Waals surface area contributed by atoms with Crippen LogP contribution in [0.25, 0.3) is 34.2 Å². The van der Waals surface area contributed by atoms with Gasteiger partial charge in [-0.25, -0.2) is 15.0 Å². The first-order chi connectivity index (χ1) is 31.7. The molecule has 1 heterocycles. The molecule has 0 aliphatic heterocycles. The van der Waals surface area contributed by atoms with Crippen LogP contribution in [0.15, 0.2) is 254 Å². The van der Waals surface area contributed by atoms with Crippen LogP contribution in [0.2, 0.25) is 0 Å². The second-order valence-corrected chi connectivity index (χ2v) is 16.2. The number of aromatic nitrogens is 3. The zero-order valence-corrected chi connectivity index (χ0v) is 35.1. The van der Waals surface area contributed by atoms with Crippen molar-refractivity contribution in [1.29, 1.82) is 0 Å². The second-order valence-electron chi connectivity index (χ2n) is 16.2. The van der Waals surface area contributed by atoms with Crippen molar-refractivity contribution in [1.82, 2.24) is 15.0 Å². The summed E-state index contributed by atoms with van der Waals surface area (Å²) in [4.78, 5) is 22.2. The lowest BCUT2D eigenvalue weighted by atomic mass is 10.0. The lowest BCUT2D eigenvalue weighted by Gasteiger charge is -2.36. The van der Waals surface area contributed by atoms with E-state index in [1.807, 2.05) is 60.7 Å². The van der Waals surface area contributed by atoms with Crippen LogP contribution in [0.5, 0.6) is 0 Å². The number of nitrogens with zero attached hydrogens (tertiary/aromatic N) is 6. The molecule has 6 heteroatoms. The van der Waals surface area contributed by atoms with E-state index in [-0.39, 0.29) is 11.5 Å². The topological polar surface area (TPSA) is 48.4 Å². The SMILES string of the molecule is C1=CC2(N(c3ccc(-c4nc(-c5ccccc5)nc(-c5ccccc5)n4)cc3)c3ccc(N(c4ccccc4)c4ccccc4)cc3)CC2C=C1N(c1ccccc1)c1ccccc1. The number of hydrogen-bond donors (Lipinski definition) is 0. The molecule has 2 aliphatic carbocycles. The summed E-state index contributed by atoms with van der Waals surface area (Å²) in [6.45, 7) is 0. The van der Waals surface area contributed by atoms with Gasteiger partial charge in [0.1, 0.15) is 0 Å². The zero-order valence-electron chi connectivity index (χ0n) is 35.1. The molecule has 0 amide bonds. The van der Waals surface area contributed by atoms with Crippen LogP contribution in [0.1, 0.15) is 6.42 Å². The third kappa shape index (κ3) is 7.52. The van der Waals surface area contributed by atoms with Crippen molar-refractivity contribution in [2.24, 2.45) is 5.92 Å². The van der Waals surface area contributed by atoms with Crippen molar-refractivity contribution in [3.05, 3.63) is 254 Å². The first kappa shape index (κ1) is 38.6. The fourth-order valence-corrected chi connectivity index (χ4v) is 8.94. The minimum atomic E-state index is -0.266. The van der Waals surface area contributed by atoms with Gasteiger partial charge < -0.3 is 14.7 Å². The smallest absolute Gasteiger partial charge is 0.164 e. The van der Waals surface area contributed by atoms with Crippen molar-refractivity contribution in [3.8, 4) is 34.2 Å². The van der Waals surface area contributed by atoms with Gasteiger partial charge in [0, 0.05) is 68.1 Å². The summed E-state index contributed by atoms with van der Waals surface area (Å²) in [5.74, 6) is 2.19. The molecule has 0 bridgehead atoms. The Hall–Kier alpha value is -8.35. The number of allylic oxidation sites excluding steroid dienone is 1. The molecule has 1 saturated carbocycles. The molecule has 6 nitrogen and oxygen atoms in total. The Bertz CT molecular complexity index is 2920. The molecular weight excluding hydrogens is 781 g/mol. The highest BCUT2D eigenvalue weighted by molar-refractivity contribution is 5.80. The first-order valence-corrected chi connectivity index (χ1v) is 21.8. The normalized spacial score (nSPS) is 16.0. The molecule has 2 atom stereocenters. The van der Waals surface area contributed by atoms with E-state index >= 15 is 0 Å². The molecule has 8 aromatic carbocycles. The number of benzene rings is 8. The minimum Gasteiger partial charge on any atom is -0.331 e. The van der Waals surface area contributed by atoms with Gasteiger partial charge in [-0.2, -0.15) is 0 Å². The maximum atomic E-state index is 5.03. The monoisotopic (exact) mass is 824 g/mol. The predicted octanol–water partition coefficient (Wildman–Crippen LogP) is 14.5. The van der Waals surface area contributed by atoms with Crippen LogP contribution in [0.4, 0.5) is 39.8 Å². The molecule has 9 aromatic rings. The molecule has 306 valence electrons. The van der Waals surface area contributed by atoms with Gasteiger partial charge in [0.05, 0.1) is 5.54 Å². The fourth-order valence-electron chi connectivity index (χ4n) is 8.94. The summed E-state index contributed by atoms with van der Waals surface area (Å²) in [7, 11) is 0. The Morgan fingerprint density at radius 2 is 0.672 bits per heavy atom. The maximum absolute atomic E-state index is 5.03. The summed E-state index contributed by atoms with van der Waals surface area (Å²) in [6.07, 6.45) is 8.18. The molecular formula is C58H44N6. The number of hydrogen-bond acceptors (Lipinski definition) is 6. The molecule has 1 aromatic heterocycles.